The first-order valence-corrected chi connectivity index (χ1v) is 6.40. The molecule has 17 heavy (non-hydrogen) atoms. The van der Waals surface area contributed by atoms with Crippen LogP contribution in [0.1, 0.15) is 42.2 Å². The zero-order chi connectivity index (χ0) is 12.4. The molecule has 0 spiro atoms. The van der Waals surface area contributed by atoms with Crippen molar-refractivity contribution in [2.24, 2.45) is 0 Å². The number of carbonyl (C=O) groups is 1. The standard InChI is InChI=1S/C13H17ClN2O/c1-9-7-12(14)11(8-15-9)13(17)16-6-4-3-5-10(16)2/h7-8,10H,3-6H2,1-2H3. The van der Waals surface area contributed by atoms with Gasteiger partial charge in [0.25, 0.3) is 5.91 Å². The number of hydrogen-bond donors (Lipinski definition) is 0. The van der Waals surface area contributed by atoms with Gasteiger partial charge < -0.3 is 4.90 Å². The second-order valence-electron chi connectivity index (χ2n) is 4.65. The Morgan fingerprint density at radius 3 is 2.94 bits per heavy atom. The fourth-order valence-corrected chi connectivity index (χ4v) is 2.53. The van der Waals surface area contributed by atoms with Gasteiger partial charge in [0.15, 0.2) is 0 Å². The molecule has 0 aliphatic carbocycles. The number of rotatable bonds is 1. The fraction of sp³-hybridized carbons (Fsp3) is 0.538. The third-order valence-corrected chi connectivity index (χ3v) is 3.60. The Morgan fingerprint density at radius 1 is 1.53 bits per heavy atom. The minimum atomic E-state index is 0.00898. The second-order valence-corrected chi connectivity index (χ2v) is 5.06. The number of pyridine rings is 1. The van der Waals surface area contributed by atoms with Crippen molar-refractivity contribution in [1.29, 1.82) is 0 Å². The number of amides is 1. The van der Waals surface area contributed by atoms with Crippen LogP contribution in [0.2, 0.25) is 5.02 Å². The van der Waals surface area contributed by atoms with Gasteiger partial charge >= 0.3 is 0 Å². The van der Waals surface area contributed by atoms with Crippen LogP contribution in [0, 0.1) is 6.92 Å². The lowest BCUT2D eigenvalue weighted by Crippen LogP contribution is -2.42. The van der Waals surface area contributed by atoms with Crippen LogP contribution in [-0.4, -0.2) is 28.4 Å². The van der Waals surface area contributed by atoms with Crippen molar-refractivity contribution in [3.63, 3.8) is 0 Å². The largest absolute Gasteiger partial charge is 0.336 e. The normalized spacial score (nSPS) is 20.4. The zero-order valence-corrected chi connectivity index (χ0v) is 11.0. The summed E-state index contributed by atoms with van der Waals surface area (Å²) in [7, 11) is 0. The Bertz CT molecular complexity index is 433. The number of hydrogen-bond acceptors (Lipinski definition) is 2. The van der Waals surface area contributed by atoms with Gasteiger partial charge in [-0.05, 0) is 39.2 Å². The van der Waals surface area contributed by atoms with E-state index in [9.17, 15) is 4.79 Å². The Morgan fingerprint density at radius 2 is 2.29 bits per heavy atom. The molecule has 1 aliphatic heterocycles. The molecule has 92 valence electrons. The zero-order valence-electron chi connectivity index (χ0n) is 10.2. The SMILES string of the molecule is Cc1cc(Cl)c(C(=O)N2CCCCC2C)cn1. The van der Waals surface area contributed by atoms with E-state index in [0.717, 1.165) is 25.1 Å². The summed E-state index contributed by atoms with van der Waals surface area (Å²) in [6.07, 6.45) is 4.93. The van der Waals surface area contributed by atoms with Crippen LogP contribution in [0.15, 0.2) is 12.3 Å². The number of halogens is 1. The van der Waals surface area contributed by atoms with Crippen LogP contribution in [0.5, 0.6) is 0 Å². The smallest absolute Gasteiger partial charge is 0.257 e. The van der Waals surface area contributed by atoms with Gasteiger partial charge in [-0.2, -0.15) is 0 Å². The topological polar surface area (TPSA) is 33.2 Å². The van der Waals surface area contributed by atoms with Crippen molar-refractivity contribution >= 4 is 17.5 Å². The van der Waals surface area contributed by atoms with Crippen LogP contribution < -0.4 is 0 Å². The third kappa shape index (κ3) is 2.60. The first-order chi connectivity index (χ1) is 8.09. The monoisotopic (exact) mass is 252 g/mol. The lowest BCUT2D eigenvalue weighted by atomic mass is 10.0. The van der Waals surface area contributed by atoms with E-state index in [1.165, 1.54) is 6.42 Å². The quantitative estimate of drug-likeness (QED) is 0.770. The van der Waals surface area contributed by atoms with E-state index < -0.39 is 0 Å². The van der Waals surface area contributed by atoms with E-state index >= 15 is 0 Å². The molecule has 0 saturated carbocycles. The number of likely N-dealkylation sites (tertiary alicyclic amines) is 1. The highest BCUT2D eigenvalue weighted by molar-refractivity contribution is 6.33. The third-order valence-electron chi connectivity index (χ3n) is 3.28. The van der Waals surface area contributed by atoms with Gasteiger partial charge in [-0.15, -0.1) is 0 Å². The highest BCUT2D eigenvalue weighted by Crippen LogP contribution is 2.23. The summed E-state index contributed by atoms with van der Waals surface area (Å²) in [5.74, 6) is 0.00898. The molecule has 4 heteroatoms. The van der Waals surface area contributed by atoms with E-state index in [1.54, 1.807) is 12.3 Å². The Labute approximate surface area is 107 Å². The summed E-state index contributed by atoms with van der Waals surface area (Å²) >= 11 is 6.10. The summed E-state index contributed by atoms with van der Waals surface area (Å²) < 4.78 is 0. The molecule has 1 saturated heterocycles. The van der Waals surface area contributed by atoms with Crippen LogP contribution in [0.3, 0.4) is 0 Å². The molecule has 0 aromatic carbocycles. The van der Waals surface area contributed by atoms with Crippen molar-refractivity contribution in [2.45, 2.75) is 39.2 Å². The van der Waals surface area contributed by atoms with E-state index in [1.807, 2.05) is 11.8 Å². The van der Waals surface area contributed by atoms with E-state index in [0.29, 0.717) is 16.6 Å². The lowest BCUT2D eigenvalue weighted by Gasteiger charge is -2.33. The first kappa shape index (κ1) is 12.4. The maximum Gasteiger partial charge on any atom is 0.257 e. The summed E-state index contributed by atoms with van der Waals surface area (Å²) in [6, 6.07) is 2.04. The van der Waals surface area contributed by atoms with Crippen molar-refractivity contribution in [1.82, 2.24) is 9.88 Å². The van der Waals surface area contributed by atoms with E-state index in [4.69, 9.17) is 11.6 Å². The number of carbonyl (C=O) groups excluding carboxylic acids is 1. The molecule has 1 atom stereocenters. The highest BCUT2D eigenvalue weighted by atomic mass is 35.5. The van der Waals surface area contributed by atoms with Gasteiger partial charge in [0, 0.05) is 24.5 Å². The highest BCUT2D eigenvalue weighted by Gasteiger charge is 2.25. The number of aryl methyl sites for hydroxylation is 1. The van der Waals surface area contributed by atoms with Gasteiger partial charge in [-0.3, -0.25) is 9.78 Å². The van der Waals surface area contributed by atoms with Crippen molar-refractivity contribution < 1.29 is 4.79 Å². The second kappa shape index (κ2) is 5.05. The molecule has 0 radical (unpaired) electrons. The van der Waals surface area contributed by atoms with Gasteiger partial charge in [0.2, 0.25) is 0 Å². The van der Waals surface area contributed by atoms with Crippen molar-refractivity contribution in [2.75, 3.05) is 6.54 Å². The van der Waals surface area contributed by atoms with Gasteiger partial charge in [-0.1, -0.05) is 11.6 Å². The van der Waals surface area contributed by atoms with E-state index in [-0.39, 0.29) is 5.91 Å². The Balaban J connectivity index is 2.24. The maximum absolute atomic E-state index is 12.3. The van der Waals surface area contributed by atoms with Crippen LogP contribution in [0.25, 0.3) is 0 Å². The molecular weight excluding hydrogens is 236 g/mol. The molecule has 2 heterocycles. The predicted molar refractivity (Wildman–Crippen MR) is 68.3 cm³/mol. The number of nitrogens with zero attached hydrogens (tertiary/aromatic N) is 2. The molecule has 2 rings (SSSR count). The molecule has 3 nitrogen and oxygen atoms in total. The number of piperidine rings is 1. The van der Waals surface area contributed by atoms with Gasteiger partial charge in [-0.25, -0.2) is 0 Å². The van der Waals surface area contributed by atoms with Crippen LogP contribution in [0.4, 0.5) is 0 Å². The summed E-state index contributed by atoms with van der Waals surface area (Å²) in [5, 5.41) is 0.500. The molecular formula is C13H17ClN2O. The first-order valence-electron chi connectivity index (χ1n) is 6.02. The molecule has 1 amide bonds. The van der Waals surface area contributed by atoms with Crippen molar-refractivity contribution in [3.05, 3.63) is 28.5 Å². The predicted octanol–water partition coefficient (Wildman–Crippen LogP) is 3.06. The molecule has 1 aliphatic rings. The van der Waals surface area contributed by atoms with Crippen LogP contribution in [-0.2, 0) is 0 Å². The average molecular weight is 253 g/mol. The van der Waals surface area contributed by atoms with Gasteiger partial charge in [0.1, 0.15) is 0 Å². The number of aromatic nitrogens is 1. The minimum Gasteiger partial charge on any atom is -0.336 e. The van der Waals surface area contributed by atoms with E-state index in [2.05, 4.69) is 11.9 Å². The average Bonchev–Trinajstić information content (AvgIpc) is 2.29. The maximum atomic E-state index is 12.3. The fourth-order valence-electron chi connectivity index (χ4n) is 2.24. The molecule has 1 aromatic heterocycles. The molecule has 1 unspecified atom stereocenters. The Hall–Kier alpha value is -1.09. The Kier molecular flexibility index (Phi) is 3.67. The summed E-state index contributed by atoms with van der Waals surface area (Å²) in [5.41, 5.74) is 1.35. The molecule has 1 aromatic rings. The van der Waals surface area contributed by atoms with Crippen molar-refractivity contribution in [3.8, 4) is 0 Å². The minimum absolute atomic E-state index is 0.00898. The van der Waals surface area contributed by atoms with Crippen LogP contribution >= 0.6 is 11.6 Å². The lowest BCUT2D eigenvalue weighted by molar-refractivity contribution is 0.0635. The molecule has 0 bridgehead atoms. The summed E-state index contributed by atoms with van der Waals surface area (Å²) in [6.45, 7) is 4.78. The molecule has 0 N–H and O–H groups in total. The van der Waals surface area contributed by atoms with Gasteiger partial charge in [0.05, 0.1) is 10.6 Å². The summed E-state index contributed by atoms with van der Waals surface area (Å²) in [4.78, 5) is 18.4. The molecule has 1 fully saturated rings.